The first-order valence-corrected chi connectivity index (χ1v) is 8.49. The van der Waals surface area contributed by atoms with E-state index in [2.05, 4.69) is 5.32 Å². The van der Waals surface area contributed by atoms with Crippen molar-refractivity contribution in [2.75, 3.05) is 5.32 Å². The summed E-state index contributed by atoms with van der Waals surface area (Å²) in [6.45, 7) is 7.48. The SMILES string of the molecule is CC(=O)O[C@@H]1c2cc(C)ccc2N[C@H](c2ccc([N+](=O)[O-])cc2)C1(C)C. The standard InChI is InChI=1S/C20H22N2O4/c1-12-5-10-17-16(11-12)19(26-13(2)23)20(3,4)18(21-17)14-6-8-15(9-7-14)22(24)25/h5-11,18-19,21H,1-4H3/t18-,19-/m1/s1. The van der Waals surface area contributed by atoms with E-state index in [0.717, 1.165) is 22.4 Å². The highest BCUT2D eigenvalue weighted by Gasteiger charge is 2.46. The molecule has 0 bridgehead atoms. The maximum Gasteiger partial charge on any atom is 0.303 e. The number of carbonyl (C=O) groups is 1. The lowest BCUT2D eigenvalue weighted by atomic mass is 9.70. The number of anilines is 1. The Kier molecular flexibility index (Phi) is 4.44. The summed E-state index contributed by atoms with van der Waals surface area (Å²) >= 11 is 0. The van der Waals surface area contributed by atoms with Gasteiger partial charge in [0.05, 0.1) is 11.0 Å². The molecule has 2 aromatic rings. The third kappa shape index (κ3) is 3.14. The number of ether oxygens (including phenoxy) is 1. The predicted octanol–water partition coefficient (Wildman–Crippen LogP) is 4.70. The number of non-ortho nitro benzene ring substituents is 1. The van der Waals surface area contributed by atoms with Crippen LogP contribution in [-0.2, 0) is 9.53 Å². The van der Waals surface area contributed by atoms with Crippen LogP contribution >= 0.6 is 0 Å². The highest BCUT2D eigenvalue weighted by molar-refractivity contribution is 5.68. The quantitative estimate of drug-likeness (QED) is 0.491. The molecule has 136 valence electrons. The molecule has 0 aromatic heterocycles. The number of aryl methyl sites for hydroxylation is 1. The second-order valence-corrected chi connectivity index (χ2v) is 7.33. The van der Waals surface area contributed by atoms with Gasteiger partial charge in [-0.15, -0.1) is 0 Å². The maximum absolute atomic E-state index is 11.7. The van der Waals surface area contributed by atoms with Gasteiger partial charge in [-0.2, -0.15) is 0 Å². The van der Waals surface area contributed by atoms with Crippen LogP contribution < -0.4 is 5.32 Å². The summed E-state index contributed by atoms with van der Waals surface area (Å²) in [6.07, 6.45) is -0.420. The molecule has 0 aliphatic carbocycles. The number of nitrogens with one attached hydrogen (secondary N) is 1. The smallest absolute Gasteiger partial charge is 0.303 e. The summed E-state index contributed by atoms with van der Waals surface area (Å²) in [5, 5.41) is 14.4. The fourth-order valence-corrected chi connectivity index (χ4v) is 3.61. The number of nitro benzene ring substituents is 1. The number of fused-ring (bicyclic) bond motifs is 1. The molecule has 0 unspecified atom stereocenters. The van der Waals surface area contributed by atoms with Crippen LogP contribution in [0.3, 0.4) is 0 Å². The Hall–Kier alpha value is -2.89. The topological polar surface area (TPSA) is 81.5 Å². The molecule has 0 spiro atoms. The second-order valence-electron chi connectivity index (χ2n) is 7.33. The zero-order valence-corrected chi connectivity index (χ0v) is 15.3. The van der Waals surface area contributed by atoms with Crippen LogP contribution in [0.2, 0.25) is 0 Å². The number of esters is 1. The van der Waals surface area contributed by atoms with E-state index in [1.807, 2.05) is 39.0 Å². The Bertz CT molecular complexity index is 859. The minimum atomic E-state index is -0.456. The molecule has 0 saturated heterocycles. The van der Waals surface area contributed by atoms with Gasteiger partial charge < -0.3 is 10.1 Å². The van der Waals surface area contributed by atoms with Crippen LogP contribution in [0.4, 0.5) is 11.4 Å². The summed E-state index contributed by atoms with van der Waals surface area (Å²) in [6, 6.07) is 12.4. The molecule has 0 fully saturated rings. The number of hydrogen-bond acceptors (Lipinski definition) is 5. The van der Waals surface area contributed by atoms with Crippen molar-refractivity contribution in [3.63, 3.8) is 0 Å². The van der Waals surface area contributed by atoms with E-state index >= 15 is 0 Å². The fraction of sp³-hybridized carbons (Fsp3) is 0.350. The molecule has 1 heterocycles. The zero-order chi connectivity index (χ0) is 19.1. The average Bonchev–Trinajstić information content (AvgIpc) is 2.57. The number of nitrogens with zero attached hydrogens (tertiary/aromatic N) is 1. The molecular weight excluding hydrogens is 332 g/mol. The van der Waals surface area contributed by atoms with Crippen molar-refractivity contribution in [3.8, 4) is 0 Å². The van der Waals surface area contributed by atoms with E-state index in [9.17, 15) is 14.9 Å². The Morgan fingerprint density at radius 2 is 1.85 bits per heavy atom. The van der Waals surface area contributed by atoms with E-state index in [0.29, 0.717) is 0 Å². The second kappa shape index (κ2) is 6.44. The lowest BCUT2D eigenvalue weighted by molar-refractivity contribution is -0.384. The molecule has 0 radical (unpaired) electrons. The van der Waals surface area contributed by atoms with Crippen LogP contribution in [0.1, 0.15) is 49.6 Å². The van der Waals surface area contributed by atoms with Crippen LogP contribution in [0, 0.1) is 22.5 Å². The first kappa shape index (κ1) is 17.9. The molecule has 0 saturated carbocycles. The first-order chi connectivity index (χ1) is 12.2. The minimum absolute atomic E-state index is 0.0509. The monoisotopic (exact) mass is 354 g/mol. The molecule has 6 nitrogen and oxygen atoms in total. The van der Waals surface area contributed by atoms with Gasteiger partial charge in [0.15, 0.2) is 0 Å². The lowest BCUT2D eigenvalue weighted by Gasteiger charge is -2.46. The molecule has 6 heteroatoms. The van der Waals surface area contributed by atoms with Crippen LogP contribution in [0.25, 0.3) is 0 Å². The van der Waals surface area contributed by atoms with Gasteiger partial charge in [0.2, 0.25) is 0 Å². The fourth-order valence-electron chi connectivity index (χ4n) is 3.61. The average molecular weight is 354 g/mol. The Labute approximate surface area is 152 Å². The van der Waals surface area contributed by atoms with E-state index in [1.54, 1.807) is 12.1 Å². The maximum atomic E-state index is 11.7. The van der Waals surface area contributed by atoms with Gasteiger partial charge in [0.1, 0.15) is 6.10 Å². The van der Waals surface area contributed by atoms with Crippen molar-refractivity contribution in [2.24, 2.45) is 5.41 Å². The Morgan fingerprint density at radius 3 is 2.42 bits per heavy atom. The Morgan fingerprint density at radius 1 is 1.19 bits per heavy atom. The normalized spacial score (nSPS) is 20.6. The first-order valence-electron chi connectivity index (χ1n) is 8.49. The van der Waals surface area contributed by atoms with Crippen LogP contribution in [0.15, 0.2) is 42.5 Å². The van der Waals surface area contributed by atoms with Crippen molar-refractivity contribution in [1.82, 2.24) is 0 Å². The molecule has 1 aliphatic heterocycles. The molecule has 26 heavy (non-hydrogen) atoms. The van der Waals surface area contributed by atoms with Crippen molar-refractivity contribution in [3.05, 3.63) is 69.3 Å². The van der Waals surface area contributed by atoms with Crippen LogP contribution in [-0.4, -0.2) is 10.9 Å². The number of benzene rings is 2. The predicted molar refractivity (Wildman–Crippen MR) is 98.9 cm³/mol. The number of carbonyl (C=O) groups excluding carboxylic acids is 1. The molecule has 1 N–H and O–H groups in total. The van der Waals surface area contributed by atoms with Gasteiger partial charge in [-0.3, -0.25) is 14.9 Å². The van der Waals surface area contributed by atoms with Gasteiger partial charge >= 0.3 is 5.97 Å². The highest BCUT2D eigenvalue weighted by atomic mass is 16.6. The summed E-state index contributed by atoms with van der Waals surface area (Å²) in [5.74, 6) is -0.333. The number of hydrogen-bond donors (Lipinski definition) is 1. The van der Waals surface area contributed by atoms with Gasteiger partial charge in [0, 0.05) is 35.7 Å². The van der Waals surface area contributed by atoms with Crippen molar-refractivity contribution < 1.29 is 14.5 Å². The van der Waals surface area contributed by atoms with Gasteiger partial charge in [-0.25, -0.2) is 0 Å². The molecule has 3 rings (SSSR count). The summed E-state index contributed by atoms with van der Waals surface area (Å²) in [4.78, 5) is 22.2. The van der Waals surface area contributed by atoms with E-state index < -0.39 is 16.4 Å². The van der Waals surface area contributed by atoms with E-state index in [1.165, 1.54) is 19.1 Å². The number of nitro groups is 1. The highest BCUT2D eigenvalue weighted by Crippen LogP contribution is 2.53. The van der Waals surface area contributed by atoms with E-state index in [-0.39, 0.29) is 17.7 Å². The van der Waals surface area contributed by atoms with Crippen molar-refractivity contribution in [2.45, 2.75) is 39.8 Å². The molecular formula is C20H22N2O4. The molecule has 1 aliphatic rings. The zero-order valence-electron chi connectivity index (χ0n) is 15.3. The Balaban J connectivity index is 2.08. The number of rotatable bonds is 3. The lowest BCUT2D eigenvalue weighted by Crippen LogP contribution is -2.40. The minimum Gasteiger partial charge on any atom is -0.457 e. The van der Waals surface area contributed by atoms with Crippen molar-refractivity contribution >= 4 is 17.3 Å². The summed E-state index contributed by atoms with van der Waals surface area (Å²) in [7, 11) is 0. The third-order valence-electron chi connectivity index (χ3n) is 4.93. The summed E-state index contributed by atoms with van der Waals surface area (Å²) in [5.41, 5.74) is 3.45. The summed E-state index contributed by atoms with van der Waals surface area (Å²) < 4.78 is 5.71. The van der Waals surface area contributed by atoms with Gasteiger partial charge in [0.25, 0.3) is 5.69 Å². The largest absolute Gasteiger partial charge is 0.457 e. The molecule has 2 aromatic carbocycles. The molecule has 2 atom stereocenters. The van der Waals surface area contributed by atoms with Crippen molar-refractivity contribution in [1.29, 1.82) is 0 Å². The van der Waals surface area contributed by atoms with Gasteiger partial charge in [-0.05, 0) is 18.6 Å². The van der Waals surface area contributed by atoms with Gasteiger partial charge in [-0.1, -0.05) is 43.7 Å². The van der Waals surface area contributed by atoms with E-state index in [4.69, 9.17) is 4.74 Å². The van der Waals surface area contributed by atoms with Crippen LogP contribution in [0.5, 0.6) is 0 Å². The molecule has 0 amide bonds. The third-order valence-corrected chi connectivity index (χ3v) is 4.93.